The number of carbonyl (C=O) groups excluding carboxylic acids is 2. The fourth-order valence-corrected chi connectivity index (χ4v) is 2.51. The Balaban J connectivity index is 2.81. The summed E-state index contributed by atoms with van der Waals surface area (Å²) in [6, 6.07) is 3.79. The average molecular weight is 319 g/mol. The summed E-state index contributed by atoms with van der Waals surface area (Å²) in [5.41, 5.74) is 3.50. The molecule has 0 aliphatic carbocycles. The third-order valence-corrected chi connectivity index (χ3v) is 3.82. The third-order valence-electron chi connectivity index (χ3n) is 3.82. The van der Waals surface area contributed by atoms with Crippen LogP contribution in [0.25, 0.3) is 0 Å². The van der Waals surface area contributed by atoms with Crippen LogP contribution in [0.3, 0.4) is 0 Å². The van der Waals surface area contributed by atoms with Gasteiger partial charge in [0.2, 0.25) is 11.8 Å². The summed E-state index contributed by atoms with van der Waals surface area (Å²) in [7, 11) is 0. The van der Waals surface area contributed by atoms with Crippen LogP contribution in [-0.2, 0) is 9.59 Å². The zero-order chi connectivity index (χ0) is 17.4. The van der Waals surface area contributed by atoms with E-state index in [1.54, 1.807) is 0 Å². The normalized spacial score (nSPS) is 10.7. The number of carbonyl (C=O) groups is 2. The molecule has 2 amide bonds. The molecule has 0 radical (unpaired) electrons. The first-order chi connectivity index (χ1) is 10.9. The molecule has 128 valence electrons. The Labute approximate surface area is 139 Å². The van der Waals surface area contributed by atoms with E-state index in [1.807, 2.05) is 46.8 Å². The van der Waals surface area contributed by atoms with Crippen LogP contribution in [0.1, 0.15) is 44.7 Å². The van der Waals surface area contributed by atoms with Crippen LogP contribution in [0, 0.1) is 13.8 Å². The maximum atomic E-state index is 12.2. The van der Waals surface area contributed by atoms with E-state index >= 15 is 0 Å². The number of aryl methyl sites for hydroxylation is 2. The standard InChI is InChI=1S/C18H29N3O2/c1-6-9-16(22)19-15-10-13(4)18(14(5)11-15)20-17(23)12-21(7-2)8-3/h10-11H,6-9,12H2,1-5H3,(H,19,22)(H,20,23). The molecule has 23 heavy (non-hydrogen) atoms. The molecule has 0 unspecified atom stereocenters. The molecule has 2 N–H and O–H groups in total. The predicted molar refractivity (Wildman–Crippen MR) is 95.9 cm³/mol. The lowest BCUT2D eigenvalue weighted by Crippen LogP contribution is -2.33. The van der Waals surface area contributed by atoms with Gasteiger partial charge in [0, 0.05) is 17.8 Å². The molecule has 0 fully saturated rings. The molecule has 0 bridgehead atoms. The molecule has 5 nitrogen and oxygen atoms in total. The third kappa shape index (κ3) is 6.02. The average Bonchev–Trinajstić information content (AvgIpc) is 2.48. The summed E-state index contributed by atoms with van der Waals surface area (Å²) < 4.78 is 0. The van der Waals surface area contributed by atoms with E-state index in [4.69, 9.17) is 0 Å². The Hall–Kier alpha value is -1.88. The summed E-state index contributed by atoms with van der Waals surface area (Å²) in [5, 5.41) is 5.89. The number of anilines is 2. The maximum Gasteiger partial charge on any atom is 0.238 e. The summed E-state index contributed by atoms with van der Waals surface area (Å²) in [4.78, 5) is 25.9. The fraction of sp³-hybridized carbons (Fsp3) is 0.556. The number of rotatable bonds is 8. The van der Waals surface area contributed by atoms with Gasteiger partial charge in [0.25, 0.3) is 0 Å². The summed E-state index contributed by atoms with van der Waals surface area (Å²) >= 11 is 0. The molecular weight excluding hydrogens is 290 g/mol. The minimum absolute atomic E-state index is 0.0114. The van der Waals surface area contributed by atoms with Gasteiger partial charge in [-0.3, -0.25) is 14.5 Å². The van der Waals surface area contributed by atoms with Crippen molar-refractivity contribution in [3.8, 4) is 0 Å². The van der Waals surface area contributed by atoms with Crippen molar-refractivity contribution in [3.63, 3.8) is 0 Å². The number of likely N-dealkylation sites (N-methyl/N-ethyl adjacent to an activating group) is 1. The molecule has 0 aliphatic heterocycles. The Bertz CT molecular complexity index is 528. The summed E-state index contributed by atoms with van der Waals surface area (Å²) in [6.45, 7) is 12.0. The van der Waals surface area contributed by atoms with Crippen molar-refractivity contribution >= 4 is 23.2 Å². The van der Waals surface area contributed by atoms with E-state index in [2.05, 4.69) is 15.5 Å². The maximum absolute atomic E-state index is 12.2. The molecule has 0 spiro atoms. The number of hydrogen-bond acceptors (Lipinski definition) is 3. The van der Waals surface area contributed by atoms with Gasteiger partial charge < -0.3 is 10.6 Å². The number of hydrogen-bond donors (Lipinski definition) is 2. The van der Waals surface area contributed by atoms with Crippen molar-refractivity contribution in [3.05, 3.63) is 23.3 Å². The molecule has 1 aromatic rings. The van der Waals surface area contributed by atoms with Gasteiger partial charge in [-0.05, 0) is 56.6 Å². The first-order valence-corrected chi connectivity index (χ1v) is 8.34. The van der Waals surface area contributed by atoms with E-state index in [9.17, 15) is 9.59 Å². The van der Waals surface area contributed by atoms with E-state index in [0.717, 1.165) is 42.0 Å². The lowest BCUT2D eigenvalue weighted by Gasteiger charge is -2.19. The van der Waals surface area contributed by atoms with Crippen LogP contribution in [0.4, 0.5) is 11.4 Å². The van der Waals surface area contributed by atoms with Crippen molar-refractivity contribution in [1.82, 2.24) is 4.90 Å². The van der Waals surface area contributed by atoms with Crippen molar-refractivity contribution in [2.24, 2.45) is 0 Å². The second-order valence-electron chi connectivity index (χ2n) is 5.79. The molecular formula is C18H29N3O2. The van der Waals surface area contributed by atoms with Crippen LogP contribution in [0.15, 0.2) is 12.1 Å². The van der Waals surface area contributed by atoms with Gasteiger partial charge in [0.05, 0.1) is 6.54 Å². The number of amides is 2. The van der Waals surface area contributed by atoms with Crippen LogP contribution in [0.5, 0.6) is 0 Å². The molecule has 0 aliphatic rings. The molecule has 0 saturated carbocycles. The fourth-order valence-electron chi connectivity index (χ4n) is 2.51. The Kier molecular flexibility index (Phi) is 7.75. The Morgan fingerprint density at radius 3 is 2.00 bits per heavy atom. The number of nitrogens with one attached hydrogen (secondary N) is 2. The highest BCUT2D eigenvalue weighted by molar-refractivity contribution is 5.95. The lowest BCUT2D eigenvalue weighted by molar-refractivity contribution is -0.117. The summed E-state index contributed by atoms with van der Waals surface area (Å²) in [5.74, 6) is 0.00675. The second kappa shape index (κ2) is 9.30. The quantitative estimate of drug-likeness (QED) is 0.772. The lowest BCUT2D eigenvalue weighted by atomic mass is 10.1. The monoisotopic (exact) mass is 319 g/mol. The number of nitrogens with zero attached hydrogens (tertiary/aromatic N) is 1. The van der Waals surface area contributed by atoms with Crippen LogP contribution in [-0.4, -0.2) is 36.3 Å². The zero-order valence-electron chi connectivity index (χ0n) is 15.0. The highest BCUT2D eigenvalue weighted by Crippen LogP contribution is 2.25. The van der Waals surface area contributed by atoms with Gasteiger partial charge >= 0.3 is 0 Å². The minimum Gasteiger partial charge on any atom is -0.326 e. The molecule has 1 rings (SSSR count). The SMILES string of the molecule is CCCC(=O)Nc1cc(C)c(NC(=O)CN(CC)CC)c(C)c1. The van der Waals surface area contributed by atoms with Crippen molar-refractivity contribution in [2.75, 3.05) is 30.3 Å². The molecule has 1 aromatic carbocycles. The van der Waals surface area contributed by atoms with E-state index < -0.39 is 0 Å². The molecule has 0 aromatic heterocycles. The molecule has 0 heterocycles. The van der Waals surface area contributed by atoms with Crippen molar-refractivity contribution in [2.45, 2.75) is 47.5 Å². The smallest absolute Gasteiger partial charge is 0.238 e. The molecule has 5 heteroatoms. The van der Waals surface area contributed by atoms with Gasteiger partial charge in [0.1, 0.15) is 0 Å². The topological polar surface area (TPSA) is 61.4 Å². The zero-order valence-corrected chi connectivity index (χ0v) is 15.0. The van der Waals surface area contributed by atoms with Crippen LogP contribution < -0.4 is 10.6 Å². The van der Waals surface area contributed by atoms with Crippen LogP contribution >= 0.6 is 0 Å². The van der Waals surface area contributed by atoms with Crippen molar-refractivity contribution < 1.29 is 9.59 Å². The molecule has 0 saturated heterocycles. The minimum atomic E-state index is -0.0114. The highest BCUT2D eigenvalue weighted by Gasteiger charge is 2.12. The van der Waals surface area contributed by atoms with E-state index in [-0.39, 0.29) is 11.8 Å². The Morgan fingerprint density at radius 1 is 0.957 bits per heavy atom. The second-order valence-corrected chi connectivity index (χ2v) is 5.79. The highest BCUT2D eigenvalue weighted by atomic mass is 16.2. The van der Waals surface area contributed by atoms with Crippen LogP contribution in [0.2, 0.25) is 0 Å². The predicted octanol–water partition coefficient (Wildman–Crippen LogP) is 3.32. The largest absolute Gasteiger partial charge is 0.326 e. The van der Waals surface area contributed by atoms with Gasteiger partial charge in [-0.1, -0.05) is 20.8 Å². The first-order valence-electron chi connectivity index (χ1n) is 8.34. The van der Waals surface area contributed by atoms with E-state index in [1.165, 1.54) is 0 Å². The van der Waals surface area contributed by atoms with Gasteiger partial charge in [-0.2, -0.15) is 0 Å². The Morgan fingerprint density at radius 2 is 1.52 bits per heavy atom. The molecule has 0 atom stereocenters. The number of benzene rings is 1. The van der Waals surface area contributed by atoms with Crippen molar-refractivity contribution in [1.29, 1.82) is 0 Å². The van der Waals surface area contributed by atoms with Gasteiger partial charge in [-0.15, -0.1) is 0 Å². The summed E-state index contributed by atoms with van der Waals surface area (Å²) in [6.07, 6.45) is 1.34. The van der Waals surface area contributed by atoms with Gasteiger partial charge in [-0.25, -0.2) is 0 Å². The first kappa shape index (κ1) is 19.2. The van der Waals surface area contributed by atoms with Gasteiger partial charge in [0.15, 0.2) is 0 Å². The van der Waals surface area contributed by atoms with E-state index in [0.29, 0.717) is 13.0 Å².